The second-order valence-corrected chi connectivity index (χ2v) is 9.09. The maximum atomic E-state index is 11.5. The van der Waals surface area contributed by atoms with Crippen molar-refractivity contribution in [3.63, 3.8) is 0 Å². The van der Waals surface area contributed by atoms with Gasteiger partial charge in [-0.05, 0) is 38.3 Å². The summed E-state index contributed by atoms with van der Waals surface area (Å²) in [6.45, 7) is 5.32. The molecular weight excluding hydrogens is 426 g/mol. The Morgan fingerprint density at radius 1 is 1.29 bits per heavy atom. The van der Waals surface area contributed by atoms with Crippen LogP contribution < -0.4 is 5.32 Å². The van der Waals surface area contributed by atoms with E-state index in [0.29, 0.717) is 24.1 Å². The molecule has 1 N–H and O–H groups in total. The van der Waals surface area contributed by atoms with E-state index in [1.165, 1.54) is 19.8 Å². The molecule has 4 unspecified atom stereocenters. The van der Waals surface area contributed by atoms with Crippen LogP contribution in [-0.4, -0.2) is 62.1 Å². The Labute approximate surface area is 184 Å². The van der Waals surface area contributed by atoms with Gasteiger partial charge >= 0.3 is 5.97 Å². The van der Waals surface area contributed by atoms with Crippen molar-refractivity contribution in [2.45, 2.75) is 89.4 Å². The fourth-order valence-corrected chi connectivity index (χ4v) is 4.82. The quantitative estimate of drug-likeness (QED) is 0.541. The highest BCUT2D eigenvalue weighted by molar-refractivity contribution is 6.28. The van der Waals surface area contributed by atoms with Crippen LogP contribution in [0.2, 0.25) is 5.28 Å². The average Bonchev–Trinajstić information content (AvgIpc) is 3.43. The summed E-state index contributed by atoms with van der Waals surface area (Å²) in [5.74, 6) is -0.548. The number of hydrogen-bond acceptors (Lipinski definition) is 9. The standard InChI is InChI=1S/C20H26ClN5O5/c1-10(27)28-18-15-14(30-20(2,3)31-15)13(29-18)9-26-17-12(8-22-26)16(24-19(21)25-17)23-11-6-4-5-7-11/h8,11,13-15,18H,4-7,9H2,1-3H3,(H,23,24,25). The minimum atomic E-state index is -0.839. The number of esters is 1. The highest BCUT2D eigenvalue weighted by Crippen LogP contribution is 2.40. The van der Waals surface area contributed by atoms with Crippen molar-refractivity contribution in [1.29, 1.82) is 0 Å². The second kappa shape index (κ2) is 7.84. The number of fused-ring (bicyclic) bond motifs is 2. The molecule has 2 aliphatic heterocycles. The molecule has 11 heteroatoms. The van der Waals surface area contributed by atoms with E-state index in [0.717, 1.165) is 18.2 Å². The zero-order valence-corrected chi connectivity index (χ0v) is 18.5. The van der Waals surface area contributed by atoms with Gasteiger partial charge in [0.25, 0.3) is 0 Å². The Morgan fingerprint density at radius 3 is 2.77 bits per heavy atom. The summed E-state index contributed by atoms with van der Waals surface area (Å²) >= 11 is 6.23. The second-order valence-electron chi connectivity index (χ2n) is 8.75. The Bertz CT molecular complexity index is 992. The first-order valence-electron chi connectivity index (χ1n) is 10.6. The van der Waals surface area contributed by atoms with Crippen molar-refractivity contribution in [2.24, 2.45) is 0 Å². The summed E-state index contributed by atoms with van der Waals surface area (Å²) < 4.78 is 25.0. The zero-order valence-electron chi connectivity index (χ0n) is 17.7. The highest BCUT2D eigenvalue weighted by atomic mass is 35.5. The topological polar surface area (TPSA) is 110 Å². The van der Waals surface area contributed by atoms with E-state index in [1.807, 2.05) is 13.8 Å². The van der Waals surface area contributed by atoms with Gasteiger partial charge in [0.15, 0.2) is 17.5 Å². The van der Waals surface area contributed by atoms with Crippen LogP contribution in [0.15, 0.2) is 6.20 Å². The largest absolute Gasteiger partial charge is 0.433 e. The molecule has 2 aromatic heterocycles. The van der Waals surface area contributed by atoms with Crippen LogP contribution in [-0.2, 0) is 30.3 Å². The van der Waals surface area contributed by atoms with Crippen LogP contribution in [0.5, 0.6) is 0 Å². The lowest BCUT2D eigenvalue weighted by atomic mass is 10.1. The monoisotopic (exact) mass is 451 g/mol. The number of halogens is 1. The summed E-state index contributed by atoms with van der Waals surface area (Å²) in [7, 11) is 0. The molecule has 0 radical (unpaired) electrons. The molecule has 4 atom stereocenters. The number of nitrogens with one attached hydrogen (secondary N) is 1. The number of aromatic nitrogens is 4. The molecule has 1 saturated carbocycles. The zero-order chi connectivity index (χ0) is 21.8. The third-order valence-corrected chi connectivity index (χ3v) is 6.08. The van der Waals surface area contributed by atoms with Crippen molar-refractivity contribution in [1.82, 2.24) is 19.7 Å². The summed E-state index contributed by atoms with van der Waals surface area (Å²) in [6, 6.07) is 0.382. The molecule has 4 heterocycles. The van der Waals surface area contributed by atoms with Gasteiger partial charge in [-0.3, -0.25) is 4.79 Å². The Balaban J connectivity index is 1.41. The van der Waals surface area contributed by atoms with Gasteiger partial charge in [0, 0.05) is 13.0 Å². The van der Waals surface area contributed by atoms with E-state index in [2.05, 4.69) is 20.4 Å². The van der Waals surface area contributed by atoms with Gasteiger partial charge < -0.3 is 24.3 Å². The smallest absolute Gasteiger partial charge is 0.305 e. The number of nitrogens with zero attached hydrogens (tertiary/aromatic N) is 4. The van der Waals surface area contributed by atoms with Crippen LogP contribution in [0.3, 0.4) is 0 Å². The van der Waals surface area contributed by atoms with E-state index in [4.69, 9.17) is 30.5 Å². The van der Waals surface area contributed by atoms with Gasteiger partial charge in [0.2, 0.25) is 11.6 Å². The van der Waals surface area contributed by atoms with Gasteiger partial charge in [-0.1, -0.05) is 12.8 Å². The first kappa shape index (κ1) is 20.9. The van der Waals surface area contributed by atoms with Crippen LogP contribution >= 0.6 is 11.6 Å². The third kappa shape index (κ3) is 4.09. The molecular formula is C20H26ClN5O5. The lowest BCUT2D eigenvalue weighted by Gasteiger charge is -2.23. The molecule has 0 bridgehead atoms. The van der Waals surface area contributed by atoms with E-state index in [-0.39, 0.29) is 5.28 Å². The number of rotatable bonds is 5. The first-order valence-corrected chi connectivity index (χ1v) is 11.0. The molecule has 3 fully saturated rings. The molecule has 1 aliphatic carbocycles. The Kier molecular flexibility index (Phi) is 5.28. The van der Waals surface area contributed by atoms with Crippen molar-refractivity contribution in [3.05, 3.63) is 11.5 Å². The minimum absolute atomic E-state index is 0.152. The fourth-order valence-electron chi connectivity index (χ4n) is 4.65. The molecule has 0 spiro atoms. The molecule has 5 rings (SSSR count). The Morgan fingerprint density at radius 2 is 2.03 bits per heavy atom. The maximum absolute atomic E-state index is 11.5. The van der Waals surface area contributed by atoms with Crippen molar-refractivity contribution in [3.8, 4) is 0 Å². The molecule has 31 heavy (non-hydrogen) atoms. The number of hydrogen-bond donors (Lipinski definition) is 1. The summed E-state index contributed by atoms with van der Waals surface area (Å²) in [6.07, 6.45) is 4.17. The maximum Gasteiger partial charge on any atom is 0.305 e. The summed E-state index contributed by atoms with van der Waals surface area (Å²) in [4.78, 5) is 20.3. The van der Waals surface area contributed by atoms with E-state index in [1.54, 1.807) is 10.9 Å². The van der Waals surface area contributed by atoms with Crippen LogP contribution in [0.4, 0.5) is 5.82 Å². The normalized spacial score (nSPS) is 30.1. The molecule has 0 aromatic carbocycles. The van der Waals surface area contributed by atoms with Crippen LogP contribution in [0, 0.1) is 0 Å². The van der Waals surface area contributed by atoms with E-state index < -0.39 is 36.4 Å². The fraction of sp³-hybridized carbons (Fsp3) is 0.700. The lowest BCUT2D eigenvalue weighted by molar-refractivity contribution is -0.232. The first-order chi connectivity index (χ1) is 14.8. The SMILES string of the molecule is CC(=O)OC1OC(Cn2ncc3c(NC4CCCC4)nc(Cl)nc32)C2OC(C)(C)OC12. The molecule has 0 amide bonds. The van der Waals surface area contributed by atoms with Gasteiger partial charge in [-0.2, -0.15) is 15.1 Å². The van der Waals surface area contributed by atoms with Gasteiger partial charge in [-0.25, -0.2) is 4.68 Å². The summed E-state index contributed by atoms with van der Waals surface area (Å²) in [5, 5.41) is 8.94. The number of ether oxygens (including phenoxy) is 4. The van der Waals surface area contributed by atoms with Crippen molar-refractivity contribution < 1.29 is 23.7 Å². The minimum Gasteiger partial charge on any atom is -0.433 e. The summed E-state index contributed by atoms with van der Waals surface area (Å²) in [5.41, 5.74) is 0.606. The van der Waals surface area contributed by atoms with Crippen LogP contribution in [0.1, 0.15) is 46.5 Å². The van der Waals surface area contributed by atoms with Crippen molar-refractivity contribution >= 4 is 34.4 Å². The van der Waals surface area contributed by atoms with Gasteiger partial charge in [-0.15, -0.1) is 0 Å². The van der Waals surface area contributed by atoms with E-state index >= 15 is 0 Å². The number of anilines is 1. The Hall–Kier alpha value is -2.01. The molecule has 168 valence electrons. The van der Waals surface area contributed by atoms with Crippen molar-refractivity contribution in [2.75, 3.05) is 5.32 Å². The molecule has 3 aliphatic rings. The molecule has 2 saturated heterocycles. The predicted octanol–water partition coefficient (Wildman–Crippen LogP) is 2.64. The average molecular weight is 452 g/mol. The number of carbonyl (C=O) groups is 1. The lowest BCUT2D eigenvalue weighted by Crippen LogP contribution is -2.33. The third-order valence-electron chi connectivity index (χ3n) is 5.91. The number of carbonyl (C=O) groups excluding carboxylic acids is 1. The van der Waals surface area contributed by atoms with Crippen LogP contribution in [0.25, 0.3) is 11.0 Å². The predicted molar refractivity (Wildman–Crippen MR) is 110 cm³/mol. The molecule has 2 aromatic rings. The molecule has 10 nitrogen and oxygen atoms in total. The van der Waals surface area contributed by atoms with Gasteiger partial charge in [0.05, 0.1) is 18.1 Å². The van der Waals surface area contributed by atoms with E-state index in [9.17, 15) is 4.79 Å². The van der Waals surface area contributed by atoms with Gasteiger partial charge in [0.1, 0.15) is 18.0 Å². The highest BCUT2D eigenvalue weighted by Gasteiger charge is 2.56.